The van der Waals surface area contributed by atoms with Gasteiger partial charge in [-0.05, 0) is 74.5 Å². The van der Waals surface area contributed by atoms with Crippen LogP contribution in [0, 0.1) is 13.8 Å². The third-order valence-corrected chi connectivity index (χ3v) is 10.4. The van der Waals surface area contributed by atoms with Crippen LogP contribution in [0.25, 0.3) is 0 Å². The molecular formula is C28H20Cl4N4O4S2. The first-order chi connectivity index (χ1) is 19.8. The predicted molar refractivity (Wildman–Crippen MR) is 166 cm³/mol. The standard InChI is InChI=1S/C28H20Cl4N4O4S2/c1-17-3-9-21(10-4-17)41(37,38)35-27(23-13-7-19(29)15-25(23)31)34-36(42(39,40)22-11-5-18(2)6-12-22)28(33-35)24-14-8-20(30)16-26(24)32/h3-16H,1-2H3. The Balaban J connectivity index is 1.83. The Morgan fingerprint density at radius 2 is 0.857 bits per heavy atom. The lowest BCUT2D eigenvalue weighted by Gasteiger charge is -2.31. The van der Waals surface area contributed by atoms with Crippen molar-refractivity contribution in [3.8, 4) is 0 Å². The van der Waals surface area contributed by atoms with E-state index in [1.54, 1.807) is 24.3 Å². The van der Waals surface area contributed by atoms with Crippen molar-refractivity contribution < 1.29 is 16.8 Å². The van der Waals surface area contributed by atoms with Crippen molar-refractivity contribution in [2.45, 2.75) is 23.6 Å². The number of amidine groups is 2. The van der Waals surface area contributed by atoms with Crippen molar-refractivity contribution >= 4 is 78.1 Å². The molecule has 0 aromatic heterocycles. The Morgan fingerprint density at radius 1 is 0.524 bits per heavy atom. The van der Waals surface area contributed by atoms with Gasteiger partial charge in [0.2, 0.25) is 0 Å². The van der Waals surface area contributed by atoms with Crippen LogP contribution in [0.3, 0.4) is 0 Å². The molecule has 5 rings (SSSR count). The first-order valence-electron chi connectivity index (χ1n) is 12.1. The number of hydrazone groups is 2. The lowest BCUT2D eigenvalue weighted by Crippen LogP contribution is -2.45. The van der Waals surface area contributed by atoms with Gasteiger partial charge in [0, 0.05) is 21.2 Å². The fourth-order valence-electron chi connectivity index (χ4n) is 3.95. The average molecular weight is 682 g/mol. The van der Waals surface area contributed by atoms with Crippen molar-refractivity contribution in [2.75, 3.05) is 0 Å². The number of rotatable bonds is 6. The highest BCUT2D eigenvalue weighted by Gasteiger charge is 2.40. The monoisotopic (exact) mass is 680 g/mol. The van der Waals surface area contributed by atoms with Crippen LogP contribution in [-0.4, -0.2) is 37.3 Å². The summed E-state index contributed by atoms with van der Waals surface area (Å²) in [4.78, 5) is -0.239. The molecule has 4 aromatic carbocycles. The molecule has 14 heteroatoms. The number of nitrogens with zero attached hydrogens (tertiary/aromatic N) is 4. The minimum Gasteiger partial charge on any atom is -0.199 e. The van der Waals surface area contributed by atoms with Gasteiger partial charge in [-0.25, -0.2) is 0 Å². The molecule has 1 aliphatic heterocycles. The fraction of sp³-hybridized carbons (Fsp3) is 0.0714. The molecule has 0 spiro atoms. The van der Waals surface area contributed by atoms with E-state index in [0.29, 0.717) is 8.83 Å². The van der Waals surface area contributed by atoms with Crippen LogP contribution in [0.5, 0.6) is 0 Å². The normalized spacial score (nSPS) is 14.0. The molecule has 0 radical (unpaired) electrons. The first-order valence-corrected chi connectivity index (χ1v) is 16.5. The van der Waals surface area contributed by atoms with Crippen LogP contribution in [0.4, 0.5) is 0 Å². The smallest absolute Gasteiger partial charge is 0.199 e. The minimum absolute atomic E-state index is 0.0150. The summed E-state index contributed by atoms with van der Waals surface area (Å²) in [5.74, 6) is -0.775. The van der Waals surface area contributed by atoms with Crippen LogP contribution in [0.15, 0.2) is 105 Å². The third-order valence-electron chi connectivity index (χ3n) is 6.17. The van der Waals surface area contributed by atoms with Crippen molar-refractivity contribution in [1.82, 2.24) is 8.83 Å². The summed E-state index contributed by atoms with van der Waals surface area (Å²) in [6.45, 7) is 3.62. The van der Waals surface area contributed by atoms with Crippen molar-refractivity contribution in [2.24, 2.45) is 10.2 Å². The van der Waals surface area contributed by atoms with Gasteiger partial charge < -0.3 is 0 Å². The molecule has 0 bridgehead atoms. The summed E-state index contributed by atoms with van der Waals surface area (Å²) < 4.78 is 57.6. The SMILES string of the molecule is Cc1ccc(S(=O)(=O)N2N=C(c3ccc(Cl)cc3Cl)N(S(=O)(=O)c3ccc(C)cc3)N=C2c2ccc(Cl)cc2Cl)cc1. The number of halogens is 4. The number of hydrogen-bond acceptors (Lipinski definition) is 6. The van der Waals surface area contributed by atoms with Crippen LogP contribution in [0.1, 0.15) is 22.3 Å². The number of hydrogen-bond donors (Lipinski definition) is 0. The van der Waals surface area contributed by atoms with E-state index in [0.717, 1.165) is 11.1 Å². The second-order valence-electron chi connectivity index (χ2n) is 9.22. The number of aryl methyl sites for hydroxylation is 2. The van der Waals surface area contributed by atoms with Crippen LogP contribution < -0.4 is 0 Å². The molecule has 1 aliphatic rings. The zero-order valence-electron chi connectivity index (χ0n) is 21.8. The second-order valence-corrected chi connectivity index (χ2v) is 14.4. The predicted octanol–water partition coefficient (Wildman–Crippen LogP) is 7.34. The molecule has 0 saturated carbocycles. The Labute approximate surface area is 263 Å². The van der Waals surface area contributed by atoms with Crippen molar-refractivity contribution in [3.05, 3.63) is 127 Å². The summed E-state index contributed by atoms with van der Waals surface area (Å²) in [5.41, 5.74) is 1.78. The molecule has 0 atom stereocenters. The summed E-state index contributed by atoms with van der Waals surface area (Å²) >= 11 is 25.2. The van der Waals surface area contributed by atoms with E-state index in [4.69, 9.17) is 46.4 Å². The minimum atomic E-state index is -4.47. The Kier molecular flexibility index (Phi) is 8.32. The summed E-state index contributed by atoms with van der Waals surface area (Å²) in [6, 6.07) is 20.7. The average Bonchev–Trinajstić information content (AvgIpc) is 2.93. The maximum atomic E-state index is 14.1. The molecule has 0 saturated heterocycles. The van der Waals surface area contributed by atoms with E-state index in [-0.39, 0.29) is 52.7 Å². The van der Waals surface area contributed by atoms with E-state index in [2.05, 4.69) is 10.2 Å². The van der Waals surface area contributed by atoms with Gasteiger partial charge in [-0.1, -0.05) is 81.8 Å². The molecule has 216 valence electrons. The molecule has 0 amide bonds. The third kappa shape index (κ3) is 5.75. The van der Waals surface area contributed by atoms with E-state index < -0.39 is 20.0 Å². The number of benzene rings is 4. The molecule has 1 heterocycles. The van der Waals surface area contributed by atoms with Gasteiger partial charge in [0.1, 0.15) is 0 Å². The second kappa shape index (κ2) is 11.5. The van der Waals surface area contributed by atoms with Gasteiger partial charge in [-0.15, -0.1) is 19.0 Å². The quantitative estimate of drug-likeness (QED) is 0.213. The molecular weight excluding hydrogens is 662 g/mol. The topological polar surface area (TPSA) is 99.5 Å². The fourth-order valence-corrected chi connectivity index (χ4v) is 7.39. The van der Waals surface area contributed by atoms with Gasteiger partial charge in [0.05, 0.1) is 19.8 Å². The number of sulfonamides is 2. The molecule has 0 N–H and O–H groups in total. The summed E-state index contributed by atoms with van der Waals surface area (Å²) in [7, 11) is -8.94. The van der Waals surface area contributed by atoms with Crippen molar-refractivity contribution in [3.63, 3.8) is 0 Å². The highest BCUT2D eigenvalue weighted by atomic mass is 35.5. The molecule has 8 nitrogen and oxygen atoms in total. The van der Waals surface area contributed by atoms with Gasteiger partial charge in [-0.2, -0.15) is 16.8 Å². The van der Waals surface area contributed by atoms with Crippen molar-refractivity contribution in [1.29, 1.82) is 0 Å². The Bertz CT molecular complexity index is 1840. The first kappa shape index (κ1) is 30.3. The Morgan fingerprint density at radius 3 is 1.17 bits per heavy atom. The molecule has 0 aliphatic carbocycles. The van der Waals surface area contributed by atoms with E-state index >= 15 is 0 Å². The maximum Gasteiger partial charge on any atom is 0.285 e. The highest BCUT2D eigenvalue weighted by Crippen LogP contribution is 2.33. The van der Waals surface area contributed by atoms with E-state index in [1.165, 1.54) is 60.7 Å². The van der Waals surface area contributed by atoms with E-state index in [9.17, 15) is 16.8 Å². The van der Waals surface area contributed by atoms with Crippen LogP contribution in [-0.2, 0) is 20.0 Å². The van der Waals surface area contributed by atoms with Gasteiger partial charge >= 0.3 is 0 Å². The lowest BCUT2D eigenvalue weighted by molar-refractivity contribution is 0.488. The van der Waals surface area contributed by atoms with E-state index in [1.807, 2.05) is 13.8 Å². The Hall–Kier alpha value is -3.12. The zero-order valence-corrected chi connectivity index (χ0v) is 26.5. The molecule has 42 heavy (non-hydrogen) atoms. The maximum absolute atomic E-state index is 14.1. The zero-order chi connectivity index (χ0) is 30.4. The lowest BCUT2D eigenvalue weighted by atomic mass is 10.2. The van der Waals surface area contributed by atoms with Crippen LogP contribution >= 0.6 is 46.4 Å². The summed E-state index contributed by atoms with van der Waals surface area (Å²) in [6.07, 6.45) is 0. The van der Waals surface area contributed by atoms with Crippen LogP contribution in [0.2, 0.25) is 20.1 Å². The molecule has 4 aromatic rings. The molecule has 0 fully saturated rings. The van der Waals surface area contributed by atoms with Gasteiger partial charge in [0.25, 0.3) is 20.0 Å². The van der Waals surface area contributed by atoms with Gasteiger partial charge in [-0.3, -0.25) is 0 Å². The summed E-state index contributed by atoms with van der Waals surface area (Å²) in [5, 5.41) is 9.34. The molecule has 0 unspecified atom stereocenters. The highest BCUT2D eigenvalue weighted by molar-refractivity contribution is 7.90. The van der Waals surface area contributed by atoms with Gasteiger partial charge in [0.15, 0.2) is 11.7 Å². The largest absolute Gasteiger partial charge is 0.285 e.